The summed E-state index contributed by atoms with van der Waals surface area (Å²) < 4.78 is 0. The molecule has 1 heterocycles. The zero-order chi connectivity index (χ0) is 11.4. The predicted octanol–water partition coefficient (Wildman–Crippen LogP) is 1.70. The van der Waals surface area contributed by atoms with Gasteiger partial charge in [-0.15, -0.1) is 0 Å². The summed E-state index contributed by atoms with van der Waals surface area (Å²) in [7, 11) is 0. The lowest BCUT2D eigenvalue weighted by Gasteiger charge is -2.32. The molecule has 1 aliphatic carbocycles. The first-order chi connectivity index (χ1) is 7.75. The molecule has 90 valence electrons. The van der Waals surface area contributed by atoms with E-state index in [1.54, 1.807) is 0 Å². The van der Waals surface area contributed by atoms with E-state index in [0.29, 0.717) is 18.4 Å². The van der Waals surface area contributed by atoms with Gasteiger partial charge in [-0.1, -0.05) is 11.6 Å². The highest BCUT2D eigenvalue weighted by atomic mass is 16.2. The van der Waals surface area contributed by atoms with E-state index in [0.717, 1.165) is 26.1 Å². The van der Waals surface area contributed by atoms with Crippen LogP contribution in [0.2, 0.25) is 0 Å². The summed E-state index contributed by atoms with van der Waals surface area (Å²) in [4.78, 5) is 14.1. The molecular formula is C13H22N2O. The molecule has 0 aromatic heterocycles. The fraction of sp³-hybridized carbons (Fsp3) is 0.769. The van der Waals surface area contributed by atoms with Gasteiger partial charge < -0.3 is 10.2 Å². The van der Waals surface area contributed by atoms with Crippen molar-refractivity contribution in [1.82, 2.24) is 10.2 Å². The van der Waals surface area contributed by atoms with Crippen LogP contribution in [0.3, 0.4) is 0 Å². The number of allylic oxidation sites excluding steroid dienone is 1. The molecule has 0 aromatic carbocycles. The molecule has 1 atom stereocenters. The van der Waals surface area contributed by atoms with Gasteiger partial charge >= 0.3 is 0 Å². The Balaban J connectivity index is 1.84. The van der Waals surface area contributed by atoms with E-state index in [1.165, 1.54) is 24.8 Å². The molecule has 0 spiro atoms. The third-order valence-corrected chi connectivity index (χ3v) is 3.48. The van der Waals surface area contributed by atoms with Crippen molar-refractivity contribution in [3.05, 3.63) is 11.6 Å². The van der Waals surface area contributed by atoms with E-state index in [4.69, 9.17) is 0 Å². The zero-order valence-electron chi connectivity index (χ0n) is 10.2. The van der Waals surface area contributed by atoms with Gasteiger partial charge in [0.25, 0.3) is 0 Å². The second-order valence-electron chi connectivity index (χ2n) is 4.98. The van der Waals surface area contributed by atoms with Gasteiger partial charge in [0, 0.05) is 32.1 Å². The fourth-order valence-corrected chi connectivity index (χ4v) is 2.53. The fourth-order valence-electron chi connectivity index (χ4n) is 2.53. The van der Waals surface area contributed by atoms with Crippen molar-refractivity contribution < 1.29 is 4.79 Å². The number of carbonyl (C=O) groups is 1. The van der Waals surface area contributed by atoms with Gasteiger partial charge in [-0.2, -0.15) is 0 Å². The Kier molecular flexibility index (Phi) is 3.99. The van der Waals surface area contributed by atoms with Crippen molar-refractivity contribution in [2.45, 2.75) is 45.1 Å². The van der Waals surface area contributed by atoms with Crippen LogP contribution in [0.5, 0.6) is 0 Å². The average Bonchev–Trinajstić information content (AvgIpc) is 2.30. The second kappa shape index (κ2) is 5.48. The Bertz CT molecular complexity index is 286. The van der Waals surface area contributed by atoms with Crippen molar-refractivity contribution in [3.63, 3.8) is 0 Å². The van der Waals surface area contributed by atoms with Crippen LogP contribution in [0.25, 0.3) is 0 Å². The summed E-state index contributed by atoms with van der Waals surface area (Å²) in [6.45, 7) is 4.81. The van der Waals surface area contributed by atoms with Gasteiger partial charge in [-0.3, -0.25) is 4.79 Å². The van der Waals surface area contributed by atoms with Gasteiger partial charge in [0.05, 0.1) is 0 Å². The highest BCUT2D eigenvalue weighted by Crippen LogP contribution is 2.21. The minimum absolute atomic E-state index is 0.321. The molecule has 0 radical (unpaired) electrons. The first-order valence-electron chi connectivity index (χ1n) is 6.45. The molecule has 1 amide bonds. The van der Waals surface area contributed by atoms with Crippen LogP contribution in [0.15, 0.2) is 11.6 Å². The van der Waals surface area contributed by atoms with Crippen molar-refractivity contribution in [3.8, 4) is 0 Å². The number of nitrogens with one attached hydrogen (secondary N) is 1. The molecule has 1 fully saturated rings. The van der Waals surface area contributed by atoms with Crippen molar-refractivity contribution in [1.29, 1.82) is 0 Å². The van der Waals surface area contributed by atoms with E-state index in [2.05, 4.69) is 18.3 Å². The van der Waals surface area contributed by atoms with Gasteiger partial charge in [-0.25, -0.2) is 0 Å². The summed E-state index contributed by atoms with van der Waals surface area (Å²) in [6, 6.07) is 0.443. The largest absolute Gasteiger partial charge is 0.340 e. The lowest BCUT2D eigenvalue weighted by Crippen LogP contribution is -2.51. The molecule has 1 saturated heterocycles. The van der Waals surface area contributed by atoms with Crippen molar-refractivity contribution in [2.75, 3.05) is 19.6 Å². The molecule has 2 aliphatic rings. The van der Waals surface area contributed by atoms with Crippen LogP contribution in [0.4, 0.5) is 0 Å². The highest BCUT2D eigenvalue weighted by molar-refractivity contribution is 5.78. The Morgan fingerprint density at radius 2 is 2.44 bits per heavy atom. The van der Waals surface area contributed by atoms with E-state index in [-0.39, 0.29) is 0 Å². The molecule has 0 saturated carbocycles. The summed E-state index contributed by atoms with van der Waals surface area (Å²) in [5.41, 5.74) is 1.36. The minimum atomic E-state index is 0.321. The number of carbonyl (C=O) groups excluding carboxylic acids is 1. The van der Waals surface area contributed by atoms with Gasteiger partial charge in [0.1, 0.15) is 0 Å². The highest BCUT2D eigenvalue weighted by Gasteiger charge is 2.21. The quantitative estimate of drug-likeness (QED) is 0.721. The maximum absolute atomic E-state index is 12.1. The Morgan fingerprint density at radius 1 is 1.56 bits per heavy atom. The van der Waals surface area contributed by atoms with Crippen LogP contribution in [-0.4, -0.2) is 36.5 Å². The topological polar surface area (TPSA) is 32.3 Å². The lowest BCUT2D eigenvalue weighted by atomic mass is 9.96. The van der Waals surface area contributed by atoms with Crippen molar-refractivity contribution >= 4 is 5.91 Å². The number of hydrogen-bond donors (Lipinski definition) is 1. The standard InChI is InChI=1S/C13H22N2O/c1-11-10-15(8-7-14-11)13(16)9-12-5-3-2-4-6-12/h5,11,14H,2-4,6-10H2,1H3/t11-/m0/s1. The molecule has 2 rings (SSSR count). The molecule has 3 heteroatoms. The predicted molar refractivity (Wildman–Crippen MR) is 65.2 cm³/mol. The average molecular weight is 222 g/mol. The lowest BCUT2D eigenvalue weighted by molar-refractivity contribution is -0.131. The van der Waals surface area contributed by atoms with Crippen LogP contribution in [-0.2, 0) is 4.79 Å². The summed E-state index contributed by atoms with van der Waals surface area (Å²) in [6.07, 6.45) is 7.78. The first-order valence-corrected chi connectivity index (χ1v) is 6.45. The molecule has 0 bridgehead atoms. The number of amides is 1. The monoisotopic (exact) mass is 222 g/mol. The van der Waals surface area contributed by atoms with E-state index >= 15 is 0 Å². The minimum Gasteiger partial charge on any atom is -0.340 e. The summed E-state index contributed by atoms with van der Waals surface area (Å²) in [5.74, 6) is 0.321. The zero-order valence-corrected chi connectivity index (χ0v) is 10.2. The summed E-state index contributed by atoms with van der Waals surface area (Å²) >= 11 is 0. The van der Waals surface area contributed by atoms with Crippen LogP contribution >= 0.6 is 0 Å². The second-order valence-corrected chi connectivity index (χ2v) is 4.98. The number of rotatable bonds is 2. The van der Waals surface area contributed by atoms with E-state index in [1.807, 2.05) is 4.90 Å². The maximum Gasteiger partial charge on any atom is 0.226 e. The van der Waals surface area contributed by atoms with E-state index in [9.17, 15) is 4.79 Å². The number of nitrogens with zero attached hydrogens (tertiary/aromatic N) is 1. The third kappa shape index (κ3) is 3.08. The number of hydrogen-bond acceptors (Lipinski definition) is 2. The van der Waals surface area contributed by atoms with Crippen LogP contribution < -0.4 is 5.32 Å². The molecule has 16 heavy (non-hydrogen) atoms. The smallest absolute Gasteiger partial charge is 0.226 e. The molecule has 1 N–H and O–H groups in total. The Morgan fingerprint density at radius 3 is 3.12 bits per heavy atom. The third-order valence-electron chi connectivity index (χ3n) is 3.48. The normalized spacial score (nSPS) is 26.4. The van der Waals surface area contributed by atoms with Crippen LogP contribution in [0, 0.1) is 0 Å². The van der Waals surface area contributed by atoms with E-state index < -0.39 is 0 Å². The SMILES string of the molecule is C[C@H]1CN(C(=O)CC2=CCCCC2)CCN1. The summed E-state index contributed by atoms with van der Waals surface area (Å²) in [5, 5.41) is 3.36. The molecule has 0 aromatic rings. The van der Waals surface area contributed by atoms with Gasteiger partial charge in [0.15, 0.2) is 0 Å². The van der Waals surface area contributed by atoms with Gasteiger partial charge in [0.2, 0.25) is 5.91 Å². The van der Waals surface area contributed by atoms with Crippen LogP contribution in [0.1, 0.15) is 39.0 Å². The molecular weight excluding hydrogens is 200 g/mol. The first kappa shape index (κ1) is 11.6. The maximum atomic E-state index is 12.1. The number of piperazine rings is 1. The molecule has 1 aliphatic heterocycles. The molecule has 0 unspecified atom stereocenters. The van der Waals surface area contributed by atoms with Gasteiger partial charge in [-0.05, 0) is 32.6 Å². The molecule has 3 nitrogen and oxygen atoms in total. The Hall–Kier alpha value is -0.830. The Labute approximate surface area is 97.9 Å². The van der Waals surface area contributed by atoms with Crippen molar-refractivity contribution in [2.24, 2.45) is 0 Å².